The Labute approximate surface area is 118 Å². The monoisotopic (exact) mass is 276 g/mol. The van der Waals surface area contributed by atoms with Crippen molar-refractivity contribution in [3.63, 3.8) is 0 Å². The number of aromatic nitrogens is 1. The molecule has 2 rings (SSSR count). The fourth-order valence-electron chi connectivity index (χ4n) is 2.70. The van der Waals surface area contributed by atoms with Crippen LogP contribution in [0.5, 0.6) is 0 Å². The van der Waals surface area contributed by atoms with Gasteiger partial charge in [-0.05, 0) is 43.0 Å². The Hall–Kier alpha value is -1.84. The number of fused-ring (bicyclic) bond motifs is 1. The van der Waals surface area contributed by atoms with Gasteiger partial charge in [0.25, 0.3) is 5.91 Å². The third-order valence-electron chi connectivity index (χ3n) is 3.44. The van der Waals surface area contributed by atoms with Crippen molar-refractivity contribution in [2.45, 2.75) is 33.7 Å². The van der Waals surface area contributed by atoms with Crippen molar-refractivity contribution in [1.82, 2.24) is 9.88 Å². The first kappa shape index (κ1) is 14.6. The molecule has 1 heterocycles. The summed E-state index contributed by atoms with van der Waals surface area (Å²) in [5, 5.41) is 3.43. The van der Waals surface area contributed by atoms with Gasteiger partial charge in [-0.1, -0.05) is 13.8 Å². The predicted octanol–water partition coefficient (Wildman–Crippen LogP) is 3.36. The summed E-state index contributed by atoms with van der Waals surface area (Å²) in [7, 11) is 1.61. The number of hydrogen-bond donors (Lipinski definition) is 1. The molecule has 0 unspecified atom stereocenters. The number of benzene rings is 1. The highest BCUT2D eigenvalue weighted by molar-refractivity contribution is 5.99. The number of nitrogens with zero attached hydrogens (tertiary/aromatic N) is 1. The van der Waals surface area contributed by atoms with Crippen LogP contribution < -0.4 is 5.32 Å². The van der Waals surface area contributed by atoms with Crippen LogP contribution in [-0.2, 0) is 13.0 Å². The molecule has 20 heavy (non-hydrogen) atoms. The lowest BCUT2D eigenvalue weighted by Gasteiger charge is -2.12. The maximum Gasteiger partial charge on any atom is 0.267 e. The summed E-state index contributed by atoms with van der Waals surface area (Å²) in [6, 6.07) is 4.85. The average molecular weight is 276 g/mol. The molecule has 0 spiro atoms. The van der Waals surface area contributed by atoms with Gasteiger partial charge in [0, 0.05) is 19.0 Å². The number of nitrogens with one attached hydrogen (secondary N) is 1. The zero-order valence-corrected chi connectivity index (χ0v) is 12.5. The summed E-state index contributed by atoms with van der Waals surface area (Å²) >= 11 is 0. The molecule has 1 aromatic heterocycles. The van der Waals surface area contributed by atoms with Crippen LogP contribution in [0.25, 0.3) is 10.9 Å². The average Bonchev–Trinajstić information content (AvgIpc) is 2.75. The number of aryl methyl sites for hydroxylation is 1. The van der Waals surface area contributed by atoms with Gasteiger partial charge >= 0.3 is 0 Å². The lowest BCUT2D eigenvalue weighted by molar-refractivity contribution is 0.0954. The van der Waals surface area contributed by atoms with E-state index in [0.29, 0.717) is 18.2 Å². The maximum atomic E-state index is 13.8. The Bertz CT molecular complexity index is 643. The van der Waals surface area contributed by atoms with Crippen molar-refractivity contribution in [3.05, 3.63) is 35.3 Å². The van der Waals surface area contributed by atoms with Gasteiger partial charge in [-0.25, -0.2) is 4.39 Å². The molecule has 4 heteroatoms. The zero-order chi connectivity index (χ0) is 14.9. The van der Waals surface area contributed by atoms with Crippen LogP contribution in [0.15, 0.2) is 18.2 Å². The maximum absolute atomic E-state index is 13.8. The van der Waals surface area contributed by atoms with E-state index in [4.69, 9.17) is 0 Å². The second-order valence-electron chi connectivity index (χ2n) is 5.45. The first-order valence-corrected chi connectivity index (χ1v) is 7.01. The molecular weight excluding hydrogens is 255 g/mol. The van der Waals surface area contributed by atoms with Crippen LogP contribution in [0, 0.1) is 11.7 Å². The Morgan fingerprint density at radius 1 is 1.35 bits per heavy atom. The summed E-state index contributed by atoms with van der Waals surface area (Å²) in [6.07, 6.45) is 0.797. The molecule has 0 aliphatic heterocycles. The molecular formula is C16H21FN2O. The van der Waals surface area contributed by atoms with Crippen LogP contribution in [0.4, 0.5) is 4.39 Å². The minimum atomic E-state index is -0.246. The quantitative estimate of drug-likeness (QED) is 0.913. The molecule has 0 fully saturated rings. The smallest absolute Gasteiger partial charge is 0.267 e. The van der Waals surface area contributed by atoms with Crippen molar-refractivity contribution < 1.29 is 9.18 Å². The summed E-state index contributed by atoms with van der Waals surface area (Å²) in [5.41, 5.74) is 2.52. The summed E-state index contributed by atoms with van der Waals surface area (Å²) in [5.74, 6) is 0.0486. The number of hydrogen-bond acceptors (Lipinski definition) is 1. The molecule has 0 aliphatic carbocycles. The van der Waals surface area contributed by atoms with E-state index in [1.165, 1.54) is 6.07 Å². The first-order valence-electron chi connectivity index (χ1n) is 7.01. The predicted molar refractivity (Wildman–Crippen MR) is 79.5 cm³/mol. The molecule has 3 nitrogen and oxygen atoms in total. The van der Waals surface area contributed by atoms with Crippen LogP contribution in [0.1, 0.15) is 36.8 Å². The second-order valence-corrected chi connectivity index (χ2v) is 5.45. The van der Waals surface area contributed by atoms with Crippen molar-refractivity contribution >= 4 is 16.8 Å². The van der Waals surface area contributed by atoms with Crippen molar-refractivity contribution in [1.29, 1.82) is 0 Å². The summed E-state index contributed by atoms with van der Waals surface area (Å²) in [4.78, 5) is 12.0. The van der Waals surface area contributed by atoms with Gasteiger partial charge in [-0.15, -0.1) is 0 Å². The second kappa shape index (κ2) is 5.65. The van der Waals surface area contributed by atoms with E-state index in [2.05, 4.69) is 19.2 Å². The zero-order valence-electron chi connectivity index (χ0n) is 12.5. The first-order chi connectivity index (χ1) is 9.47. The normalized spacial score (nSPS) is 11.3. The van der Waals surface area contributed by atoms with Crippen molar-refractivity contribution in [2.75, 3.05) is 7.05 Å². The number of carbonyl (C=O) groups is 1. The summed E-state index contributed by atoms with van der Waals surface area (Å²) in [6.45, 7) is 6.89. The molecule has 0 aliphatic rings. The fourth-order valence-corrected chi connectivity index (χ4v) is 2.70. The number of rotatable bonds is 4. The minimum absolute atomic E-state index is 0.140. The van der Waals surface area contributed by atoms with E-state index < -0.39 is 0 Å². The lowest BCUT2D eigenvalue weighted by atomic mass is 10.0. The number of carbonyl (C=O) groups excluding carboxylic acids is 1. The van der Waals surface area contributed by atoms with Gasteiger partial charge < -0.3 is 9.88 Å². The third kappa shape index (κ3) is 2.55. The molecule has 1 N–H and O–H groups in total. The molecule has 0 saturated heterocycles. The van der Waals surface area contributed by atoms with E-state index in [0.717, 1.165) is 22.9 Å². The Kier molecular flexibility index (Phi) is 4.12. The Morgan fingerprint density at radius 3 is 2.60 bits per heavy atom. The van der Waals surface area contributed by atoms with Gasteiger partial charge in [0.1, 0.15) is 11.5 Å². The van der Waals surface area contributed by atoms with Crippen molar-refractivity contribution in [3.8, 4) is 0 Å². The van der Waals surface area contributed by atoms with E-state index in [1.54, 1.807) is 19.2 Å². The largest absolute Gasteiger partial charge is 0.354 e. The minimum Gasteiger partial charge on any atom is -0.354 e. The van der Waals surface area contributed by atoms with Crippen LogP contribution >= 0.6 is 0 Å². The van der Waals surface area contributed by atoms with Crippen LogP contribution in [-0.4, -0.2) is 17.5 Å². The highest BCUT2D eigenvalue weighted by atomic mass is 19.1. The van der Waals surface area contributed by atoms with Crippen molar-refractivity contribution in [2.24, 2.45) is 5.92 Å². The topological polar surface area (TPSA) is 34.0 Å². The Balaban J connectivity index is 2.73. The highest BCUT2D eigenvalue weighted by Crippen LogP contribution is 2.27. The SMILES string of the molecule is CCn1c(C(=O)NC)cc2cc(F)cc(CC(C)C)c21. The molecule has 1 amide bonds. The van der Waals surface area contributed by atoms with Gasteiger partial charge in [0.15, 0.2) is 0 Å². The van der Waals surface area contributed by atoms with Gasteiger partial charge in [-0.2, -0.15) is 0 Å². The standard InChI is InChI=1S/C16H21FN2O/c1-5-19-14(16(20)18-4)9-12-8-13(17)7-11(15(12)19)6-10(2)3/h7-10H,5-6H2,1-4H3,(H,18,20). The third-order valence-corrected chi connectivity index (χ3v) is 3.44. The van der Waals surface area contributed by atoms with E-state index in [1.807, 2.05) is 11.5 Å². The molecule has 0 bridgehead atoms. The Morgan fingerprint density at radius 2 is 2.05 bits per heavy atom. The molecule has 0 saturated carbocycles. The van der Waals surface area contributed by atoms with Crippen LogP contribution in [0.3, 0.4) is 0 Å². The van der Waals surface area contributed by atoms with E-state index >= 15 is 0 Å². The number of amides is 1. The van der Waals surface area contributed by atoms with Gasteiger partial charge in [0.2, 0.25) is 0 Å². The fraction of sp³-hybridized carbons (Fsp3) is 0.438. The highest BCUT2D eigenvalue weighted by Gasteiger charge is 2.17. The lowest BCUT2D eigenvalue weighted by Crippen LogP contribution is -2.21. The van der Waals surface area contributed by atoms with Crippen LogP contribution in [0.2, 0.25) is 0 Å². The van der Waals surface area contributed by atoms with E-state index in [-0.39, 0.29) is 11.7 Å². The molecule has 0 radical (unpaired) electrons. The van der Waals surface area contributed by atoms with E-state index in [9.17, 15) is 9.18 Å². The van der Waals surface area contributed by atoms with Gasteiger partial charge in [0.05, 0.1) is 5.52 Å². The molecule has 108 valence electrons. The molecule has 1 aromatic carbocycles. The molecule has 0 atom stereocenters. The van der Waals surface area contributed by atoms with Gasteiger partial charge in [-0.3, -0.25) is 4.79 Å². The number of halogens is 1. The summed E-state index contributed by atoms with van der Waals surface area (Å²) < 4.78 is 15.7. The molecule has 2 aromatic rings.